The van der Waals surface area contributed by atoms with Crippen molar-refractivity contribution in [1.29, 1.82) is 0 Å². The summed E-state index contributed by atoms with van der Waals surface area (Å²) in [6.07, 6.45) is 3.06. The van der Waals surface area contributed by atoms with E-state index < -0.39 is 5.97 Å². The molecule has 0 amide bonds. The predicted molar refractivity (Wildman–Crippen MR) is 74.0 cm³/mol. The smallest absolute Gasteiger partial charge is 0.337 e. The van der Waals surface area contributed by atoms with Gasteiger partial charge in [-0.1, -0.05) is 6.08 Å². The van der Waals surface area contributed by atoms with Gasteiger partial charge >= 0.3 is 5.97 Å². The largest absolute Gasteiger partial charge is 0.423 e. The maximum atomic E-state index is 11.6. The first-order valence-corrected chi connectivity index (χ1v) is 5.89. The van der Waals surface area contributed by atoms with E-state index in [1.54, 1.807) is 37.3 Å². The van der Waals surface area contributed by atoms with Crippen LogP contribution in [0.25, 0.3) is 0 Å². The van der Waals surface area contributed by atoms with Gasteiger partial charge in [0.05, 0.1) is 0 Å². The number of rotatable bonds is 6. The lowest BCUT2D eigenvalue weighted by Crippen LogP contribution is -2.14. The first kappa shape index (κ1) is 14.7. The molecule has 0 aliphatic carbocycles. The second-order valence-corrected chi connectivity index (χ2v) is 4.00. The van der Waals surface area contributed by atoms with Crippen LogP contribution in [-0.2, 0) is 4.79 Å². The van der Waals surface area contributed by atoms with Gasteiger partial charge in [-0.3, -0.25) is 4.79 Å². The van der Waals surface area contributed by atoms with Crippen LogP contribution in [0.2, 0.25) is 0 Å². The molecule has 0 aliphatic heterocycles. The van der Waals surface area contributed by atoms with Gasteiger partial charge in [-0.05, 0) is 38.1 Å². The Morgan fingerprint density at radius 3 is 2.42 bits per heavy atom. The van der Waals surface area contributed by atoms with Crippen LogP contribution in [0.5, 0.6) is 5.75 Å². The zero-order valence-corrected chi connectivity index (χ0v) is 11.1. The molecule has 0 atom stereocenters. The highest BCUT2D eigenvalue weighted by Gasteiger charge is 2.03. The predicted octanol–water partition coefficient (Wildman–Crippen LogP) is 2.47. The third-order valence-corrected chi connectivity index (χ3v) is 2.34. The van der Waals surface area contributed by atoms with Crippen LogP contribution in [0.1, 0.15) is 24.2 Å². The number of Topliss-reactive ketones (excluding diaryl/α,β-unsaturated/α-hetero) is 1. The fourth-order valence-electron chi connectivity index (χ4n) is 1.36. The van der Waals surface area contributed by atoms with E-state index in [0.717, 1.165) is 0 Å². The van der Waals surface area contributed by atoms with Crippen LogP contribution in [-0.4, -0.2) is 18.3 Å². The molecule has 1 aromatic carbocycles. The highest BCUT2D eigenvalue weighted by atomic mass is 16.5. The van der Waals surface area contributed by atoms with Gasteiger partial charge in [0, 0.05) is 23.9 Å². The number of esters is 1. The molecule has 0 spiro atoms. The molecule has 0 radical (unpaired) electrons. The van der Waals surface area contributed by atoms with Gasteiger partial charge in [-0.25, -0.2) is 4.79 Å². The summed E-state index contributed by atoms with van der Waals surface area (Å²) in [6.45, 7) is 7.41. The fourth-order valence-corrected chi connectivity index (χ4v) is 1.36. The number of nitrogens with one attached hydrogen (secondary N) is 1. The van der Waals surface area contributed by atoms with E-state index >= 15 is 0 Å². The van der Waals surface area contributed by atoms with E-state index in [1.165, 1.54) is 13.0 Å². The summed E-state index contributed by atoms with van der Waals surface area (Å²) < 4.78 is 5.11. The van der Waals surface area contributed by atoms with Crippen molar-refractivity contribution in [2.24, 2.45) is 0 Å². The molecule has 1 rings (SSSR count). The normalized spacial score (nSPS) is 10.7. The maximum absolute atomic E-state index is 11.6. The van der Waals surface area contributed by atoms with E-state index in [0.29, 0.717) is 23.6 Å². The zero-order chi connectivity index (χ0) is 14.3. The summed E-state index contributed by atoms with van der Waals surface area (Å²) >= 11 is 0. The number of allylic oxidation sites excluding steroid dienone is 1. The van der Waals surface area contributed by atoms with Crippen molar-refractivity contribution in [1.82, 2.24) is 5.32 Å². The average Bonchev–Trinajstić information content (AvgIpc) is 2.36. The van der Waals surface area contributed by atoms with Crippen LogP contribution in [0, 0.1) is 0 Å². The molecule has 100 valence electrons. The van der Waals surface area contributed by atoms with E-state index in [9.17, 15) is 9.59 Å². The van der Waals surface area contributed by atoms with Crippen LogP contribution < -0.4 is 10.1 Å². The quantitative estimate of drug-likeness (QED) is 0.280. The van der Waals surface area contributed by atoms with Gasteiger partial charge in [0.15, 0.2) is 5.78 Å². The van der Waals surface area contributed by atoms with Crippen LogP contribution >= 0.6 is 0 Å². The number of carbonyl (C=O) groups excluding carboxylic acids is 2. The molecule has 4 nitrogen and oxygen atoms in total. The number of carbonyl (C=O) groups is 2. The Morgan fingerprint density at radius 1 is 1.26 bits per heavy atom. The van der Waals surface area contributed by atoms with Crippen molar-refractivity contribution < 1.29 is 14.3 Å². The van der Waals surface area contributed by atoms with Crippen molar-refractivity contribution in [3.63, 3.8) is 0 Å². The molecule has 0 fully saturated rings. The molecule has 1 aromatic rings. The number of hydrogen-bond acceptors (Lipinski definition) is 4. The van der Waals surface area contributed by atoms with Crippen molar-refractivity contribution in [3.8, 4) is 5.75 Å². The second-order valence-electron chi connectivity index (χ2n) is 4.00. The summed E-state index contributed by atoms with van der Waals surface area (Å²) in [5, 5.41) is 2.97. The summed E-state index contributed by atoms with van der Waals surface area (Å²) in [4.78, 5) is 22.7. The number of ketones is 1. The topological polar surface area (TPSA) is 55.4 Å². The molecule has 0 saturated heterocycles. The first-order chi connectivity index (χ1) is 9.02. The average molecular weight is 259 g/mol. The maximum Gasteiger partial charge on any atom is 0.337 e. The van der Waals surface area contributed by atoms with Crippen molar-refractivity contribution in [2.75, 3.05) is 6.54 Å². The Kier molecular flexibility index (Phi) is 5.54. The highest BCUT2D eigenvalue weighted by molar-refractivity contribution is 5.94. The molecule has 0 saturated carbocycles. The van der Waals surface area contributed by atoms with Crippen molar-refractivity contribution >= 4 is 11.8 Å². The van der Waals surface area contributed by atoms with Gasteiger partial charge in [-0.15, -0.1) is 6.58 Å². The van der Waals surface area contributed by atoms with E-state index in [2.05, 4.69) is 11.9 Å². The summed E-state index contributed by atoms with van der Waals surface area (Å²) in [7, 11) is 0. The summed E-state index contributed by atoms with van der Waals surface area (Å²) in [5.41, 5.74) is 1.28. The van der Waals surface area contributed by atoms with E-state index in [-0.39, 0.29) is 5.78 Å². The monoisotopic (exact) mass is 259 g/mol. The van der Waals surface area contributed by atoms with Gasteiger partial charge in [0.2, 0.25) is 0 Å². The zero-order valence-electron chi connectivity index (χ0n) is 11.1. The molecule has 0 bridgehead atoms. The molecule has 19 heavy (non-hydrogen) atoms. The second kappa shape index (κ2) is 7.16. The summed E-state index contributed by atoms with van der Waals surface area (Å²) in [6, 6.07) is 6.43. The lowest BCUT2D eigenvalue weighted by atomic mass is 10.1. The van der Waals surface area contributed by atoms with Gasteiger partial charge in [0.1, 0.15) is 5.75 Å². The Labute approximate surface area is 112 Å². The lowest BCUT2D eigenvalue weighted by molar-refractivity contribution is -0.129. The SMILES string of the molecule is C=CCN/C(C)=C\C(=O)Oc1ccc(C(C)=O)cc1. The highest BCUT2D eigenvalue weighted by Crippen LogP contribution is 2.13. The van der Waals surface area contributed by atoms with Gasteiger partial charge in [-0.2, -0.15) is 0 Å². The Hall–Kier alpha value is -2.36. The van der Waals surface area contributed by atoms with E-state index in [4.69, 9.17) is 4.74 Å². The minimum absolute atomic E-state index is 0.0257. The van der Waals surface area contributed by atoms with Crippen molar-refractivity contribution in [2.45, 2.75) is 13.8 Å². The van der Waals surface area contributed by atoms with Crippen LogP contribution in [0.4, 0.5) is 0 Å². The van der Waals surface area contributed by atoms with Crippen molar-refractivity contribution in [3.05, 3.63) is 54.3 Å². The Morgan fingerprint density at radius 2 is 1.89 bits per heavy atom. The minimum atomic E-state index is -0.468. The Bertz CT molecular complexity index is 501. The van der Waals surface area contributed by atoms with Crippen LogP contribution in [0.15, 0.2) is 48.7 Å². The van der Waals surface area contributed by atoms with E-state index in [1.807, 2.05) is 0 Å². The molecule has 0 aliphatic rings. The molecule has 0 unspecified atom stereocenters. The minimum Gasteiger partial charge on any atom is -0.423 e. The first-order valence-electron chi connectivity index (χ1n) is 5.89. The fraction of sp³-hybridized carbons (Fsp3) is 0.200. The number of ether oxygens (including phenoxy) is 1. The van der Waals surface area contributed by atoms with Gasteiger partial charge in [0.25, 0.3) is 0 Å². The molecule has 0 heterocycles. The summed E-state index contributed by atoms with van der Waals surface area (Å²) in [5.74, 6) is -0.0883. The molecule has 0 aromatic heterocycles. The standard InChI is InChI=1S/C15H17NO3/c1-4-9-16-11(2)10-15(18)19-14-7-5-13(6-8-14)12(3)17/h4-8,10,16H,1,9H2,2-3H3/b11-10-. The van der Waals surface area contributed by atoms with Crippen LogP contribution in [0.3, 0.4) is 0 Å². The Balaban J connectivity index is 2.61. The lowest BCUT2D eigenvalue weighted by Gasteiger charge is -2.04. The third-order valence-electron chi connectivity index (χ3n) is 2.34. The number of benzene rings is 1. The molecule has 1 N–H and O–H groups in total. The molecular formula is C15H17NO3. The molecule has 4 heteroatoms. The third kappa shape index (κ3) is 5.21. The van der Waals surface area contributed by atoms with Gasteiger partial charge < -0.3 is 10.1 Å². The number of hydrogen-bond donors (Lipinski definition) is 1. The molecular weight excluding hydrogens is 242 g/mol.